The molecule has 0 amide bonds. The molecule has 0 aromatic heterocycles. The summed E-state index contributed by atoms with van der Waals surface area (Å²) in [7, 11) is 3.28. The van der Waals surface area contributed by atoms with Gasteiger partial charge in [-0.05, 0) is 31.0 Å². The summed E-state index contributed by atoms with van der Waals surface area (Å²) in [6, 6.07) is 6.04. The first-order valence-electron chi connectivity index (χ1n) is 7.17. The molecular formula is C16H27NO4. The Kier molecular flexibility index (Phi) is 8.30. The van der Waals surface area contributed by atoms with E-state index < -0.39 is 6.10 Å². The molecule has 0 aliphatic rings. The Morgan fingerprint density at radius 3 is 2.57 bits per heavy atom. The minimum absolute atomic E-state index is 0.0119. The zero-order chi connectivity index (χ0) is 15.7. The maximum absolute atomic E-state index is 9.93. The van der Waals surface area contributed by atoms with Crippen molar-refractivity contribution in [2.45, 2.75) is 26.1 Å². The van der Waals surface area contributed by atoms with Gasteiger partial charge in [-0.2, -0.15) is 0 Å². The number of hydrogen-bond acceptors (Lipinski definition) is 5. The number of benzene rings is 1. The normalized spacial score (nSPS) is 14.0. The summed E-state index contributed by atoms with van der Waals surface area (Å²) in [5.74, 6) is 0.822. The van der Waals surface area contributed by atoms with Gasteiger partial charge < -0.3 is 24.6 Å². The predicted molar refractivity (Wildman–Crippen MR) is 83.0 cm³/mol. The van der Waals surface area contributed by atoms with E-state index in [1.165, 1.54) is 0 Å². The number of aliphatic hydroxyl groups excluding tert-OH is 1. The largest absolute Gasteiger partial charge is 0.491 e. The monoisotopic (exact) mass is 297 g/mol. The van der Waals surface area contributed by atoms with Crippen molar-refractivity contribution in [3.63, 3.8) is 0 Å². The van der Waals surface area contributed by atoms with Crippen molar-refractivity contribution in [2.75, 3.05) is 40.5 Å². The van der Waals surface area contributed by atoms with Gasteiger partial charge >= 0.3 is 0 Å². The minimum atomic E-state index is -0.565. The Labute approximate surface area is 127 Å². The average molecular weight is 297 g/mol. The average Bonchev–Trinajstić information content (AvgIpc) is 2.47. The second-order valence-electron chi connectivity index (χ2n) is 5.21. The van der Waals surface area contributed by atoms with Crippen LogP contribution >= 0.6 is 0 Å². The standard InChI is InChI=1S/C16H27NO4/c1-12-5-6-13(2)16(7-12)21-10-14(18)8-17-9-15(20-4)11-19-3/h5-7,14-15,17-18H,8-11H2,1-4H3. The molecule has 120 valence electrons. The van der Waals surface area contributed by atoms with Crippen LogP contribution in [0.15, 0.2) is 18.2 Å². The molecule has 2 unspecified atom stereocenters. The maximum atomic E-state index is 9.93. The number of aryl methyl sites for hydroxylation is 2. The van der Waals surface area contributed by atoms with Crippen LogP contribution in [0.4, 0.5) is 0 Å². The molecule has 0 aliphatic heterocycles. The number of aliphatic hydroxyl groups is 1. The number of hydrogen-bond donors (Lipinski definition) is 2. The van der Waals surface area contributed by atoms with Gasteiger partial charge in [0.25, 0.3) is 0 Å². The lowest BCUT2D eigenvalue weighted by Crippen LogP contribution is -2.38. The molecular weight excluding hydrogens is 270 g/mol. The van der Waals surface area contributed by atoms with Crippen LogP contribution < -0.4 is 10.1 Å². The van der Waals surface area contributed by atoms with E-state index >= 15 is 0 Å². The van der Waals surface area contributed by atoms with Crippen molar-refractivity contribution in [1.29, 1.82) is 0 Å². The van der Waals surface area contributed by atoms with Crippen LogP contribution in [-0.4, -0.2) is 57.8 Å². The van der Waals surface area contributed by atoms with Crippen molar-refractivity contribution < 1.29 is 19.3 Å². The Morgan fingerprint density at radius 2 is 1.90 bits per heavy atom. The van der Waals surface area contributed by atoms with E-state index in [1.807, 2.05) is 32.0 Å². The number of ether oxygens (including phenoxy) is 3. The second-order valence-corrected chi connectivity index (χ2v) is 5.21. The molecule has 2 atom stereocenters. The van der Waals surface area contributed by atoms with E-state index in [0.29, 0.717) is 19.7 Å². The van der Waals surface area contributed by atoms with Crippen molar-refractivity contribution in [1.82, 2.24) is 5.32 Å². The lowest BCUT2D eigenvalue weighted by atomic mass is 10.1. The molecule has 0 radical (unpaired) electrons. The van der Waals surface area contributed by atoms with E-state index in [9.17, 15) is 5.11 Å². The van der Waals surface area contributed by atoms with Crippen LogP contribution in [0.3, 0.4) is 0 Å². The van der Waals surface area contributed by atoms with Gasteiger partial charge in [0.05, 0.1) is 12.7 Å². The molecule has 21 heavy (non-hydrogen) atoms. The van der Waals surface area contributed by atoms with Crippen LogP contribution in [0, 0.1) is 13.8 Å². The topological polar surface area (TPSA) is 60.0 Å². The smallest absolute Gasteiger partial charge is 0.122 e. The molecule has 0 fully saturated rings. The first kappa shape index (κ1) is 17.9. The molecule has 1 aromatic carbocycles. The van der Waals surface area contributed by atoms with Gasteiger partial charge in [-0.1, -0.05) is 12.1 Å². The van der Waals surface area contributed by atoms with E-state index in [2.05, 4.69) is 5.32 Å². The van der Waals surface area contributed by atoms with E-state index in [-0.39, 0.29) is 12.7 Å². The molecule has 0 aliphatic carbocycles. The Bertz CT molecular complexity index is 411. The first-order valence-corrected chi connectivity index (χ1v) is 7.17. The maximum Gasteiger partial charge on any atom is 0.122 e. The molecule has 0 heterocycles. The molecule has 0 bridgehead atoms. The Balaban J connectivity index is 2.27. The van der Waals surface area contributed by atoms with Gasteiger partial charge in [-0.15, -0.1) is 0 Å². The SMILES string of the molecule is COCC(CNCC(O)COc1cc(C)ccc1C)OC. The molecule has 5 nitrogen and oxygen atoms in total. The summed E-state index contributed by atoms with van der Waals surface area (Å²) in [6.45, 7) is 5.88. The highest BCUT2D eigenvalue weighted by Crippen LogP contribution is 2.19. The number of rotatable bonds is 10. The third-order valence-corrected chi connectivity index (χ3v) is 3.21. The predicted octanol–water partition coefficient (Wildman–Crippen LogP) is 1.29. The second kappa shape index (κ2) is 9.73. The zero-order valence-corrected chi connectivity index (χ0v) is 13.4. The summed E-state index contributed by atoms with van der Waals surface area (Å²) in [5.41, 5.74) is 2.21. The summed E-state index contributed by atoms with van der Waals surface area (Å²) >= 11 is 0. The minimum Gasteiger partial charge on any atom is -0.491 e. The molecule has 0 spiro atoms. The van der Waals surface area contributed by atoms with Gasteiger partial charge in [0.15, 0.2) is 0 Å². The van der Waals surface area contributed by atoms with E-state index in [0.717, 1.165) is 16.9 Å². The van der Waals surface area contributed by atoms with Crippen LogP contribution in [-0.2, 0) is 9.47 Å². The quantitative estimate of drug-likeness (QED) is 0.681. The fourth-order valence-electron chi connectivity index (χ4n) is 1.91. The number of methoxy groups -OCH3 is 2. The van der Waals surface area contributed by atoms with Crippen molar-refractivity contribution >= 4 is 0 Å². The van der Waals surface area contributed by atoms with Crippen LogP contribution in [0.2, 0.25) is 0 Å². The molecule has 2 N–H and O–H groups in total. The van der Waals surface area contributed by atoms with Gasteiger partial charge in [0, 0.05) is 27.3 Å². The fourth-order valence-corrected chi connectivity index (χ4v) is 1.91. The fraction of sp³-hybridized carbons (Fsp3) is 0.625. The van der Waals surface area contributed by atoms with Gasteiger partial charge in [-0.3, -0.25) is 0 Å². The van der Waals surface area contributed by atoms with Gasteiger partial charge in [0.1, 0.15) is 18.5 Å². The molecule has 1 aromatic rings. The summed E-state index contributed by atoms with van der Waals surface area (Å²) < 4.78 is 15.9. The van der Waals surface area contributed by atoms with Crippen LogP contribution in [0.25, 0.3) is 0 Å². The van der Waals surface area contributed by atoms with Crippen LogP contribution in [0.5, 0.6) is 5.75 Å². The molecule has 5 heteroatoms. The van der Waals surface area contributed by atoms with Gasteiger partial charge in [-0.25, -0.2) is 0 Å². The van der Waals surface area contributed by atoms with Crippen LogP contribution in [0.1, 0.15) is 11.1 Å². The van der Waals surface area contributed by atoms with Crippen molar-refractivity contribution in [2.24, 2.45) is 0 Å². The van der Waals surface area contributed by atoms with E-state index in [4.69, 9.17) is 14.2 Å². The summed E-state index contributed by atoms with van der Waals surface area (Å²) in [4.78, 5) is 0. The molecule has 0 saturated heterocycles. The summed E-state index contributed by atoms with van der Waals surface area (Å²) in [5, 5.41) is 13.1. The van der Waals surface area contributed by atoms with Gasteiger partial charge in [0.2, 0.25) is 0 Å². The Hall–Kier alpha value is -1.14. The number of nitrogens with one attached hydrogen (secondary N) is 1. The zero-order valence-electron chi connectivity index (χ0n) is 13.4. The first-order chi connectivity index (χ1) is 10.1. The molecule has 0 saturated carbocycles. The molecule has 1 rings (SSSR count). The van der Waals surface area contributed by atoms with Crippen molar-refractivity contribution in [3.8, 4) is 5.75 Å². The Morgan fingerprint density at radius 1 is 1.14 bits per heavy atom. The highest BCUT2D eigenvalue weighted by molar-refractivity contribution is 5.35. The highest BCUT2D eigenvalue weighted by atomic mass is 16.5. The van der Waals surface area contributed by atoms with E-state index in [1.54, 1.807) is 14.2 Å². The summed E-state index contributed by atoms with van der Waals surface area (Å²) in [6.07, 6.45) is -0.577. The third kappa shape index (κ3) is 6.91. The lowest BCUT2D eigenvalue weighted by molar-refractivity contribution is 0.0256. The third-order valence-electron chi connectivity index (χ3n) is 3.21. The highest BCUT2D eigenvalue weighted by Gasteiger charge is 2.10. The van der Waals surface area contributed by atoms with Crippen molar-refractivity contribution in [3.05, 3.63) is 29.3 Å². The lowest BCUT2D eigenvalue weighted by Gasteiger charge is -2.18.